The minimum absolute atomic E-state index is 0.306. The lowest BCUT2D eigenvalue weighted by Crippen LogP contribution is -2.09. The second-order valence-electron chi connectivity index (χ2n) is 13.1. The van der Waals surface area contributed by atoms with Crippen molar-refractivity contribution in [1.29, 1.82) is 0 Å². The number of rotatable bonds is 11. The van der Waals surface area contributed by atoms with E-state index in [0.717, 1.165) is 71.0 Å². The first kappa shape index (κ1) is 32.8. The number of phenols is 2. The Morgan fingerprint density at radius 1 is 0.468 bits per heavy atom. The number of hydrogen-bond acceptors (Lipinski definition) is 4. The number of phenolic OH excluding ortho intramolecular Hbond substituents is 2. The maximum Gasteiger partial charge on any atom is 0.123 e. The highest BCUT2D eigenvalue weighted by atomic mass is 32.2. The fourth-order valence-corrected chi connectivity index (χ4v) is 8.19. The third-order valence-corrected chi connectivity index (χ3v) is 10.3. The molecule has 0 saturated heterocycles. The molecule has 0 aliphatic carbocycles. The summed E-state index contributed by atoms with van der Waals surface area (Å²) in [7, 11) is 0. The smallest absolute Gasteiger partial charge is 0.123 e. The van der Waals surface area contributed by atoms with Crippen LogP contribution in [-0.2, 0) is 12.8 Å². The topological polar surface area (TPSA) is 40.5 Å². The summed E-state index contributed by atoms with van der Waals surface area (Å²) >= 11 is 3.41. The molecule has 0 spiro atoms. The molecular formula is C43H42O2S2. The van der Waals surface area contributed by atoms with Crippen LogP contribution in [0.4, 0.5) is 0 Å². The van der Waals surface area contributed by atoms with E-state index in [9.17, 15) is 10.2 Å². The van der Waals surface area contributed by atoms with Crippen molar-refractivity contribution in [3.63, 3.8) is 0 Å². The Morgan fingerprint density at radius 2 is 0.915 bits per heavy atom. The number of benzene rings is 6. The largest absolute Gasteiger partial charge is 0.507 e. The molecular weight excluding hydrogens is 613 g/mol. The lowest BCUT2D eigenvalue weighted by Gasteiger charge is -2.26. The van der Waals surface area contributed by atoms with Crippen LogP contribution in [0.1, 0.15) is 61.4 Å². The second kappa shape index (κ2) is 14.8. The van der Waals surface area contributed by atoms with Gasteiger partial charge in [0.15, 0.2) is 0 Å². The first-order valence-corrected chi connectivity index (χ1v) is 18.0. The number of aromatic hydroxyl groups is 2. The van der Waals surface area contributed by atoms with Gasteiger partial charge in [-0.15, -0.1) is 0 Å². The summed E-state index contributed by atoms with van der Waals surface area (Å²) in [5.74, 6) is 0.937. The molecule has 2 nitrogen and oxygen atoms in total. The molecule has 6 aromatic carbocycles. The van der Waals surface area contributed by atoms with Gasteiger partial charge in [-0.3, -0.25) is 0 Å². The van der Waals surface area contributed by atoms with E-state index in [4.69, 9.17) is 0 Å². The zero-order valence-electron chi connectivity index (χ0n) is 27.5. The fraction of sp³-hybridized carbons (Fsp3) is 0.209. The molecule has 6 rings (SSSR count). The van der Waals surface area contributed by atoms with Gasteiger partial charge in [0.05, 0.1) is 0 Å². The summed E-state index contributed by atoms with van der Waals surface area (Å²) in [6.45, 7) is 8.74. The van der Waals surface area contributed by atoms with Gasteiger partial charge in [-0.25, -0.2) is 0 Å². The highest BCUT2D eigenvalue weighted by molar-refractivity contribution is 7.99. The fourth-order valence-electron chi connectivity index (χ4n) is 6.29. The monoisotopic (exact) mass is 654 g/mol. The summed E-state index contributed by atoms with van der Waals surface area (Å²) in [6, 6.07) is 44.2. The van der Waals surface area contributed by atoms with Crippen LogP contribution in [0.25, 0.3) is 10.8 Å². The van der Waals surface area contributed by atoms with Crippen molar-refractivity contribution >= 4 is 34.3 Å². The van der Waals surface area contributed by atoms with Gasteiger partial charge in [0, 0.05) is 36.6 Å². The molecule has 0 unspecified atom stereocenters. The lowest BCUT2D eigenvalue weighted by molar-refractivity contribution is 0.445. The van der Waals surface area contributed by atoms with Gasteiger partial charge in [-0.05, 0) is 101 Å². The predicted octanol–water partition coefficient (Wildman–Crippen LogP) is 12.1. The van der Waals surface area contributed by atoms with Crippen LogP contribution in [0.3, 0.4) is 0 Å². The first-order valence-electron chi connectivity index (χ1n) is 16.4. The van der Waals surface area contributed by atoms with Gasteiger partial charge in [-0.2, -0.15) is 0 Å². The quantitative estimate of drug-likeness (QED) is 0.136. The normalized spacial score (nSPS) is 11.6. The van der Waals surface area contributed by atoms with Crippen LogP contribution < -0.4 is 0 Å². The zero-order valence-corrected chi connectivity index (χ0v) is 29.1. The molecule has 0 fully saturated rings. The lowest BCUT2D eigenvalue weighted by atomic mass is 9.81. The molecule has 0 saturated carbocycles. The highest BCUT2D eigenvalue weighted by Gasteiger charge is 2.28. The van der Waals surface area contributed by atoms with Gasteiger partial charge in [0.2, 0.25) is 0 Å². The van der Waals surface area contributed by atoms with E-state index in [2.05, 4.69) is 143 Å². The Balaban J connectivity index is 1.61. The van der Waals surface area contributed by atoms with E-state index < -0.39 is 5.92 Å². The SMILES string of the molecule is CC(C)Cc1cc(Sc2ccccc2)cc(C(c2ccc3ccccc3c2)c2cc(Sc3ccccc3)cc(CC(C)C)c2O)c1O. The molecule has 0 aliphatic heterocycles. The molecule has 6 aromatic rings. The Labute approximate surface area is 287 Å². The van der Waals surface area contributed by atoms with E-state index in [0.29, 0.717) is 23.3 Å². The summed E-state index contributed by atoms with van der Waals surface area (Å²) in [5.41, 5.74) is 4.51. The van der Waals surface area contributed by atoms with E-state index in [-0.39, 0.29) is 0 Å². The Morgan fingerprint density at radius 3 is 1.38 bits per heavy atom. The van der Waals surface area contributed by atoms with E-state index in [1.165, 1.54) is 0 Å². The van der Waals surface area contributed by atoms with Crippen LogP contribution in [-0.4, -0.2) is 10.2 Å². The zero-order chi connectivity index (χ0) is 32.9. The Kier molecular flexibility index (Phi) is 10.3. The maximum absolute atomic E-state index is 12.1. The van der Waals surface area contributed by atoms with Crippen molar-refractivity contribution in [2.24, 2.45) is 11.8 Å². The number of hydrogen-bond donors (Lipinski definition) is 2. The average molecular weight is 655 g/mol. The van der Waals surface area contributed by atoms with E-state index in [1.54, 1.807) is 23.5 Å². The molecule has 0 aliphatic rings. The van der Waals surface area contributed by atoms with Crippen molar-refractivity contribution in [3.05, 3.63) is 155 Å². The minimum Gasteiger partial charge on any atom is -0.507 e. The molecule has 0 heterocycles. The molecule has 0 radical (unpaired) electrons. The van der Waals surface area contributed by atoms with Crippen LogP contribution in [0.5, 0.6) is 11.5 Å². The van der Waals surface area contributed by atoms with Crippen LogP contribution in [0.2, 0.25) is 0 Å². The average Bonchev–Trinajstić information content (AvgIpc) is 3.05. The number of fused-ring (bicyclic) bond motifs is 1. The van der Waals surface area contributed by atoms with Crippen molar-refractivity contribution in [2.45, 2.75) is 66.0 Å². The van der Waals surface area contributed by atoms with E-state index >= 15 is 0 Å². The van der Waals surface area contributed by atoms with Gasteiger partial charge >= 0.3 is 0 Å². The third-order valence-electron chi connectivity index (χ3n) is 8.33. The van der Waals surface area contributed by atoms with Gasteiger partial charge in [0.25, 0.3) is 0 Å². The molecule has 4 heteroatoms. The standard InChI is InChI=1S/C43H42O2S2/c1-28(2)21-33-24-37(46-35-15-7-5-8-16-35)26-39(42(33)44)41(32-20-19-30-13-11-12-14-31(30)23-32)40-27-38(47-36-17-9-6-10-18-36)25-34(43(40)45)22-29(3)4/h5-20,23-29,41,44-45H,21-22H2,1-4H3. The summed E-state index contributed by atoms with van der Waals surface area (Å²) in [6.07, 6.45) is 1.50. The van der Waals surface area contributed by atoms with Crippen molar-refractivity contribution in [3.8, 4) is 11.5 Å². The van der Waals surface area contributed by atoms with Crippen molar-refractivity contribution in [1.82, 2.24) is 0 Å². The van der Waals surface area contributed by atoms with Gasteiger partial charge < -0.3 is 10.2 Å². The summed E-state index contributed by atoms with van der Waals surface area (Å²) < 4.78 is 0. The van der Waals surface area contributed by atoms with Crippen molar-refractivity contribution < 1.29 is 10.2 Å². The van der Waals surface area contributed by atoms with Gasteiger partial charge in [0.1, 0.15) is 11.5 Å². The van der Waals surface area contributed by atoms with Crippen LogP contribution in [0, 0.1) is 11.8 Å². The molecule has 238 valence electrons. The summed E-state index contributed by atoms with van der Waals surface area (Å²) in [5, 5.41) is 26.6. The Bertz CT molecular complexity index is 1860. The summed E-state index contributed by atoms with van der Waals surface area (Å²) in [4.78, 5) is 4.43. The van der Waals surface area contributed by atoms with Crippen LogP contribution >= 0.6 is 23.5 Å². The minimum atomic E-state index is -0.399. The van der Waals surface area contributed by atoms with Crippen LogP contribution in [0.15, 0.2) is 147 Å². The Hall–Kier alpha value is -4.12. The van der Waals surface area contributed by atoms with Crippen molar-refractivity contribution in [2.75, 3.05) is 0 Å². The molecule has 0 bridgehead atoms. The molecule has 47 heavy (non-hydrogen) atoms. The third kappa shape index (κ3) is 7.89. The molecule has 0 atom stereocenters. The predicted molar refractivity (Wildman–Crippen MR) is 199 cm³/mol. The molecule has 0 aromatic heterocycles. The van der Waals surface area contributed by atoms with Gasteiger partial charge in [-0.1, -0.05) is 130 Å². The molecule has 2 N–H and O–H groups in total. The highest BCUT2D eigenvalue weighted by Crippen LogP contribution is 2.47. The maximum atomic E-state index is 12.1. The first-order chi connectivity index (χ1) is 22.7. The van der Waals surface area contributed by atoms with E-state index in [1.807, 2.05) is 12.1 Å². The molecule has 0 amide bonds. The second-order valence-corrected chi connectivity index (χ2v) is 15.4.